The molecule has 0 fully saturated rings. The first-order valence-electron chi connectivity index (χ1n) is 4.86. The fourth-order valence-electron chi connectivity index (χ4n) is 1.26. The van der Waals surface area contributed by atoms with Crippen LogP contribution in [0, 0.1) is 0 Å². The third kappa shape index (κ3) is 2.73. The number of carbonyl (C=O) groups excluding carboxylic acids is 2. The van der Waals surface area contributed by atoms with E-state index in [0.29, 0.717) is 11.4 Å². The van der Waals surface area contributed by atoms with E-state index in [9.17, 15) is 9.59 Å². The molecule has 5 nitrogen and oxygen atoms in total. The van der Waals surface area contributed by atoms with Crippen LogP contribution in [0.2, 0.25) is 0 Å². The van der Waals surface area contributed by atoms with Crippen molar-refractivity contribution in [3.8, 4) is 5.75 Å². The molecule has 1 rings (SSSR count). The number of rotatable bonds is 3. The molecule has 0 aliphatic carbocycles. The van der Waals surface area contributed by atoms with Crippen molar-refractivity contribution in [1.29, 1.82) is 0 Å². The van der Waals surface area contributed by atoms with Crippen LogP contribution in [0.1, 0.15) is 12.5 Å². The summed E-state index contributed by atoms with van der Waals surface area (Å²) < 4.78 is 5.06. The lowest BCUT2D eigenvalue weighted by Crippen LogP contribution is -2.29. The van der Waals surface area contributed by atoms with Gasteiger partial charge < -0.3 is 15.8 Å². The Kier molecular flexibility index (Phi) is 3.88. The molecule has 0 aromatic heterocycles. The zero-order valence-corrected chi connectivity index (χ0v) is 9.24. The average Bonchev–Trinajstić information content (AvgIpc) is 2.28. The van der Waals surface area contributed by atoms with Crippen molar-refractivity contribution in [3.05, 3.63) is 23.8 Å². The van der Waals surface area contributed by atoms with Gasteiger partial charge in [-0.3, -0.25) is 9.59 Å². The van der Waals surface area contributed by atoms with Gasteiger partial charge in [-0.05, 0) is 24.1 Å². The molecular weight excluding hydrogens is 208 g/mol. The summed E-state index contributed by atoms with van der Waals surface area (Å²) in [5.41, 5.74) is 6.33. The number of amides is 2. The molecule has 16 heavy (non-hydrogen) atoms. The highest BCUT2D eigenvalue weighted by molar-refractivity contribution is 6.39. The highest BCUT2D eigenvalue weighted by Gasteiger charge is 2.12. The summed E-state index contributed by atoms with van der Waals surface area (Å²) in [5.74, 6) is -1.39. The summed E-state index contributed by atoms with van der Waals surface area (Å²) in [4.78, 5) is 21.8. The van der Waals surface area contributed by atoms with Crippen molar-refractivity contribution in [2.75, 3.05) is 12.4 Å². The highest BCUT2D eigenvalue weighted by atomic mass is 16.5. The van der Waals surface area contributed by atoms with Gasteiger partial charge in [-0.2, -0.15) is 0 Å². The lowest BCUT2D eigenvalue weighted by molar-refractivity contribution is -0.134. The number of hydrogen-bond acceptors (Lipinski definition) is 3. The lowest BCUT2D eigenvalue weighted by Gasteiger charge is -2.10. The maximum atomic E-state index is 11.1. The third-order valence-electron chi connectivity index (χ3n) is 2.14. The van der Waals surface area contributed by atoms with Crippen molar-refractivity contribution < 1.29 is 14.3 Å². The number of benzene rings is 1. The van der Waals surface area contributed by atoms with Crippen LogP contribution in [0.5, 0.6) is 5.75 Å². The van der Waals surface area contributed by atoms with Crippen LogP contribution in [0.3, 0.4) is 0 Å². The quantitative estimate of drug-likeness (QED) is 0.738. The van der Waals surface area contributed by atoms with E-state index in [1.165, 1.54) is 7.11 Å². The van der Waals surface area contributed by atoms with Crippen LogP contribution in [0.4, 0.5) is 5.69 Å². The smallest absolute Gasteiger partial charge is 0.313 e. The van der Waals surface area contributed by atoms with E-state index in [-0.39, 0.29) is 0 Å². The Balaban J connectivity index is 3.00. The van der Waals surface area contributed by atoms with E-state index < -0.39 is 11.8 Å². The molecule has 86 valence electrons. The van der Waals surface area contributed by atoms with Crippen LogP contribution >= 0.6 is 0 Å². The monoisotopic (exact) mass is 222 g/mol. The van der Waals surface area contributed by atoms with Crippen molar-refractivity contribution in [2.24, 2.45) is 5.73 Å². The minimum atomic E-state index is -1.02. The maximum absolute atomic E-state index is 11.1. The van der Waals surface area contributed by atoms with Gasteiger partial charge in [0, 0.05) is 0 Å². The van der Waals surface area contributed by atoms with E-state index in [1.54, 1.807) is 12.1 Å². The molecular formula is C11H14N2O3. The van der Waals surface area contributed by atoms with Gasteiger partial charge in [-0.25, -0.2) is 0 Å². The highest BCUT2D eigenvalue weighted by Crippen LogP contribution is 2.25. The Bertz CT molecular complexity index is 416. The van der Waals surface area contributed by atoms with Crippen LogP contribution in [-0.4, -0.2) is 18.9 Å². The summed E-state index contributed by atoms with van der Waals surface area (Å²) in [6.45, 7) is 1.99. The van der Waals surface area contributed by atoms with E-state index in [1.807, 2.05) is 13.0 Å². The van der Waals surface area contributed by atoms with Crippen LogP contribution in [-0.2, 0) is 16.0 Å². The first kappa shape index (κ1) is 12.0. The van der Waals surface area contributed by atoms with Crippen molar-refractivity contribution in [1.82, 2.24) is 0 Å². The Morgan fingerprint density at radius 1 is 1.44 bits per heavy atom. The Hall–Kier alpha value is -2.04. The number of nitrogens with one attached hydrogen (secondary N) is 1. The fourth-order valence-corrected chi connectivity index (χ4v) is 1.26. The Morgan fingerprint density at radius 2 is 2.12 bits per heavy atom. The van der Waals surface area contributed by atoms with Gasteiger partial charge in [-0.15, -0.1) is 0 Å². The minimum absolute atomic E-state index is 0.450. The number of hydrogen-bond donors (Lipinski definition) is 2. The molecule has 5 heteroatoms. The van der Waals surface area contributed by atoms with E-state index in [2.05, 4.69) is 5.32 Å². The lowest BCUT2D eigenvalue weighted by atomic mass is 10.1. The number of aryl methyl sites for hydroxylation is 1. The summed E-state index contributed by atoms with van der Waals surface area (Å²) in [5, 5.41) is 2.40. The molecule has 0 unspecified atom stereocenters. The molecule has 0 bridgehead atoms. The first-order valence-corrected chi connectivity index (χ1v) is 4.86. The summed E-state index contributed by atoms with van der Waals surface area (Å²) in [7, 11) is 1.49. The summed E-state index contributed by atoms with van der Waals surface area (Å²) >= 11 is 0. The summed E-state index contributed by atoms with van der Waals surface area (Å²) in [6.07, 6.45) is 0.823. The summed E-state index contributed by atoms with van der Waals surface area (Å²) in [6, 6.07) is 5.37. The molecule has 1 aromatic rings. The first-order chi connectivity index (χ1) is 7.58. The van der Waals surface area contributed by atoms with Crippen molar-refractivity contribution in [3.63, 3.8) is 0 Å². The molecule has 3 N–H and O–H groups in total. The molecule has 0 heterocycles. The molecule has 0 saturated heterocycles. The zero-order chi connectivity index (χ0) is 12.1. The minimum Gasteiger partial charge on any atom is -0.495 e. The van der Waals surface area contributed by atoms with E-state index in [0.717, 1.165) is 12.0 Å². The van der Waals surface area contributed by atoms with Gasteiger partial charge in [-0.1, -0.05) is 13.0 Å². The van der Waals surface area contributed by atoms with Crippen LogP contribution in [0.25, 0.3) is 0 Å². The number of anilines is 1. The van der Waals surface area contributed by atoms with Gasteiger partial charge in [0.15, 0.2) is 0 Å². The number of methoxy groups -OCH3 is 1. The second-order valence-corrected chi connectivity index (χ2v) is 3.21. The van der Waals surface area contributed by atoms with Crippen molar-refractivity contribution >= 4 is 17.5 Å². The number of carbonyl (C=O) groups is 2. The average molecular weight is 222 g/mol. The van der Waals surface area contributed by atoms with Gasteiger partial charge in [0.25, 0.3) is 0 Å². The normalized spacial score (nSPS) is 9.62. The molecule has 0 aliphatic heterocycles. The molecule has 1 aromatic carbocycles. The fraction of sp³-hybridized carbons (Fsp3) is 0.273. The van der Waals surface area contributed by atoms with E-state index in [4.69, 9.17) is 10.5 Å². The number of nitrogens with two attached hydrogens (primary N) is 1. The topological polar surface area (TPSA) is 81.4 Å². The molecule has 0 atom stereocenters. The number of ether oxygens (including phenoxy) is 1. The third-order valence-corrected chi connectivity index (χ3v) is 2.14. The molecule has 0 saturated carbocycles. The van der Waals surface area contributed by atoms with Gasteiger partial charge in [0.05, 0.1) is 12.8 Å². The van der Waals surface area contributed by atoms with Gasteiger partial charge in [0.2, 0.25) is 0 Å². The second-order valence-electron chi connectivity index (χ2n) is 3.21. The van der Waals surface area contributed by atoms with Gasteiger partial charge in [0.1, 0.15) is 5.75 Å². The SMILES string of the molecule is CCc1ccc(OC)c(NC(=O)C(N)=O)c1. The Morgan fingerprint density at radius 3 is 2.62 bits per heavy atom. The predicted molar refractivity (Wildman–Crippen MR) is 60.2 cm³/mol. The maximum Gasteiger partial charge on any atom is 0.313 e. The van der Waals surface area contributed by atoms with Crippen LogP contribution < -0.4 is 15.8 Å². The second kappa shape index (κ2) is 5.16. The Labute approximate surface area is 93.6 Å². The molecule has 2 amide bonds. The predicted octanol–water partition coefficient (Wildman–Crippen LogP) is 0.681. The van der Waals surface area contributed by atoms with Crippen LogP contribution in [0.15, 0.2) is 18.2 Å². The largest absolute Gasteiger partial charge is 0.495 e. The molecule has 0 radical (unpaired) electrons. The van der Waals surface area contributed by atoms with E-state index >= 15 is 0 Å². The number of primary amides is 1. The molecule has 0 aliphatic rings. The van der Waals surface area contributed by atoms with Crippen molar-refractivity contribution in [2.45, 2.75) is 13.3 Å². The van der Waals surface area contributed by atoms with Gasteiger partial charge >= 0.3 is 11.8 Å². The molecule has 0 spiro atoms. The zero-order valence-electron chi connectivity index (χ0n) is 9.24. The standard InChI is InChI=1S/C11H14N2O3/c1-3-7-4-5-9(16-2)8(6-7)13-11(15)10(12)14/h4-6H,3H2,1-2H3,(H2,12,14)(H,13,15).